The van der Waals surface area contributed by atoms with E-state index in [1.54, 1.807) is 48.5 Å². The fourth-order valence-corrected chi connectivity index (χ4v) is 1.19. The summed E-state index contributed by atoms with van der Waals surface area (Å²) in [4.78, 5) is 9.77. The quantitative estimate of drug-likeness (QED) is 0.707. The van der Waals surface area contributed by atoms with E-state index in [2.05, 4.69) is 4.42 Å². The Morgan fingerprint density at radius 3 is 1.86 bits per heavy atom. The summed E-state index contributed by atoms with van der Waals surface area (Å²) in [6, 6.07) is 15.5. The standard InChI is InChI=1S/C6H6O.C5H6O2.C5H4O2/c7-6-4-2-1-3-5-6;2*6-4-5-2-1-3-7-5/h1-5,7H;1-3,6H,4H2;1-4H. The van der Waals surface area contributed by atoms with Crippen LogP contribution in [-0.4, -0.2) is 16.5 Å². The average Bonchev–Trinajstić information content (AvgIpc) is 3.22. The van der Waals surface area contributed by atoms with Crippen LogP contribution in [0.3, 0.4) is 0 Å². The molecule has 2 heterocycles. The van der Waals surface area contributed by atoms with Gasteiger partial charge < -0.3 is 19.0 Å². The Morgan fingerprint density at radius 1 is 0.905 bits per heavy atom. The van der Waals surface area contributed by atoms with Gasteiger partial charge in [0.15, 0.2) is 12.0 Å². The molecule has 0 fully saturated rings. The van der Waals surface area contributed by atoms with Gasteiger partial charge in [0, 0.05) is 0 Å². The van der Waals surface area contributed by atoms with E-state index in [0.29, 0.717) is 23.6 Å². The van der Waals surface area contributed by atoms with Crippen LogP contribution in [0.5, 0.6) is 5.75 Å². The van der Waals surface area contributed by atoms with Gasteiger partial charge in [0.2, 0.25) is 0 Å². The summed E-state index contributed by atoms with van der Waals surface area (Å²) < 4.78 is 9.35. The molecule has 3 aromatic rings. The molecule has 5 heteroatoms. The molecule has 0 aliphatic heterocycles. The van der Waals surface area contributed by atoms with Crippen LogP contribution in [0.4, 0.5) is 0 Å². The highest BCUT2D eigenvalue weighted by Gasteiger charge is 1.86. The van der Waals surface area contributed by atoms with Gasteiger partial charge >= 0.3 is 0 Å². The molecule has 0 saturated carbocycles. The molecule has 2 N–H and O–H groups in total. The summed E-state index contributed by atoms with van der Waals surface area (Å²) in [7, 11) is 0. The first-order chi connectivity index (χ1) is 10.3. The maximum atomic E-state index is 9.77. The Bertz CT molecular complexity index is 570. The zero-order valence-corrected chi connectivity index (χ0v) is 11.3. The Balaban J connectivity index is 0.000000157. The number of aliphatic hydroxyl groups is 1. The van der Waals surface area contributed by atoms with Crippen LogP contribution in [0.1, 0.15) is 16.3 Å². The molecule has 0 bridgehead atoms. The van der Waals surface area contributed by atoms with Crippen molar-refractivity contribution >= 4 is 6.29 Å². The highest BCUT2D eigenvalue weighted by Crippen LogP contribution is 2.02. The third kappa shape index (κ3) is 7.39. The highest BCUT2D eigenvalue weighted by atomic mass is 16.4. The lowest BCUT2D eigenvalue weighted by Crippen LogP contribution is -1.72. The summed E-state index contributed by atoms with van der Waals surface area (Å²) in [6.45, 7) is -0.00694. The van der Waals surface area contributed by atoms with Gasteiger partial charge in [-0.15, -0.1) is 0 Å². The predicted octanol–water partition coefficient (Wildman–Crippen LogP) is 3.26. The van der Waals surface area contributed by atoms with Crippen molar-refractivity contribution in [1.29, 1.82) is 0 Å². The van der Waals surface area contributed by atoms with E-state index in [9.17, 15) is 4.79 Å². The molecule has 0 aliphatic rings. The SMILES string of the molecule is O=Cc1ccco1.OCc1ccco1.Oc1ccccc1. The van der Waals surface area contributed by atoms with Gasteiger partial charge in [-0.2, -0.15) is 0 Å². The van der Waals surface area contributed by atoms with Crippen molar-refractivity contribution in [3.63, 3.8) is 0 Å². The van der Waals surface area contributed by atoms with Gasteiger partial charge in [-0.25, -0.2) is 0 Å². The molecule has 0 amide bonds. The maximum Gasteiger partial charge on any atom is 0.185 e. The largest absolute Gasteiger partial charge is 0.508 e. The molecule has 2 aromatic heterocycles. The minimum Gasteiger partial charge on any atom is -0.508 e. The van der Waals surface area contributed by atoms with Crippen molar-refractivity contribution in [2.45, 2.75) is 6.61 Å². The number of benzene rings is 1. The molecule has 0 radical (unpaired) electrons. The van der Waals surface area contributed by atoms with Gasteiger partial charge in [0.1, 0.15) is 18.1 Å². The Labute approximate surface area is 122 Å². The lowest BCUT2D eigenvalue weighted by atomic mass is 10.3. The van der Waals surface area contributed by atoms with Gasteiger partial charge in [-0.1, -0.05) is 18.2 Å². The third-order valence-corrected chi connectivity index (χ3v) is 2.15. The smallest absolute Gasteiger partial charge is 0.185 e. The van der Waals surface area contributed by atoms with Crippen molar-refractivity contribution < 1.29 is 23.8 Å². The van der Waals surface area contributed by atoms with E-state index in [-0.39, 0.29) is 6.61 Å². The second-order valence-electron chi connectivity index (χ2n) is 3.71. The molecule has 0 saturated heterocycles. The van der Waals surface area contributed by atoms with Crippen LogP contribution in [0, 0.1) is 0 Å². The predicted molar refractivity (Wildman–Crippen MR) is 76.8 cm³/mol. The van der Waals surface area contributed by atoms with E-state index in [1.807, 2.05) is 6.07 Å². The summed E-state index contributed by atoms with van der Waals surface area (Å²) >= 11 is 0. The maximum absolute atomic E-state index is 9.77. The summed E-state index contributed by atoms with van der Waals surface area (Å²) in [5, 5.41) is 17.0. The van der Waals surface area contributed by atoms with Crippen LogP contribution >= 0.6 is 0 Å². The number of furan rings is 2. The summed E-state index contributed by atoms with van der Waals surface area (Å²) in [5.74, 6) is 1.31. The third-order valence-electron chi connectivity index (χ3n) is 2.15. The second kappa shape index (κ2) is 10.1. The number of carbonyl (C=O) groups excluding carboxylic acids is 1. The minimum absolute atomic E-state index is 0.00694. The highest BCUT2D eigenvalue weighted by molar-refractivity contribution is 5.69. The number of aromatic hydroxyl groups is 1. The van der Waals surface area contributed by atoms with Gasteiger partial charge in [0.05, 0.1) is 12.5 Å². The van der Waals surface area contributed by atoms with Crippen LogP contribution in [-0.2, 0) is 6.61 Å². The van der Waals surface area contributed by atoms with Crippen molar-refractivity contribution in [3.8, 4) is 5.75 Å². The number of aliphatic hydroxyl groups excluding tert-OH is 1. The molecule has 3 rings (SSSR count). The van der Waals surface area contributed by atoms with Crippen molar-refractivity contribution in [3.05, 3.63) is 78.6 Å². The minimum atomic E-state index is -0.00694. The number of rotatable bonds is 2. The monoisotopic (exact) mass is 288 g/mol. The average molecular weight is 288 g/mol. The lowest BCUT2D eigenvalue weighted by molar-refractivity contribution is 0.110. The number of aldehydes is 1. The van der Waals surface area contributed by atoms with Gasteiger partial charge in [-0.05, 0) is 36.4 Å². The fourth-order valence-electron chi connectivity index (χ4n) is 1.19. The topological polar surface area (TPSA) is 83.8 Å². The number of phenols is 1. The van der Waals surface area contributed by atoms with E-state index in [1.165, 1.54) is 12.5 Å². The Morgan fingerprint density at radius 2 is 1.57 bits per heavy atom. The van der Waals surface area contributed by atoms with E-state index in [4.69, 9.17) is 14.6 Å². The van der Waals surface area contributed by atoms with Crippen molar-refractivity contribution in [1.82, 2.24) is 0 Å². The number of carbonyl (C=O) groups is 1. The zero-order valence-electron chi connectivity index (χ0n) is 11.3. The van der Waals surface area contributed by atoms with E-state index in [0.717, 1.165) is 0 Å². The molecular weight excluding hydrogens is 272 g/mol. The molecule has 110 valence electrons. The lowest BCUT2D eigenvalue weighted by Gasteiger charge is -1.82. The van der Waals surface area contributed by atoms with E-state index >= 15 is 0 Å². The van der Waals surface area contributed by atoms with Crippen molar-refractivity contribution in [2.75, 3.05) is 0 Å². The van der Waals surface area contributed by atoms with Crippen molar-refractivity contribution in [2.24, 2.45) is 0 Å². The molecule has 0 aliphatic carbocycles. The van der Waals surface area contributed by atoms with Crippen LogP contribution in [0.25, 0.3) is 0 Å². The molecule has 1 aromatic carbocycles. The van der Waals surface area contributed by atoms with Crippen LogP contribution in [0.2, 0.25) is 0 Å². The second-order valence-corrected chi connectivity index (χ2v) is 3.71. The van der Waals surface area contributed by atoms with Gasteiger partial charge in [0.25, 0.3) is 0 Å². The first-order valence-electron chi connectivity index (χ1n) is 6.12. The van der Waals surface area contributed by atoms with Crippen LogP contribution in [0.15, 0.2) is 76.0 Å². The molecule has 0 atom stereocenters. The molecule has 21 heavy (non-hydrogen) atoms. The summed E-state index contributed by atoms with van der Waals surface area (Å²) in [6.07, 6.45) is 3.66. The molecule has 5 nitrogen and oxygen atoms in total. The number of hydrogen-bond donors (Lipinski definition) is 2. The fraction of sp³-hybridized carbons (Fsp3) is 0.0625. The Kier molecular flexibility index (Phi) is 7.79. The number of hydrogen-bond acceptors (Lipinski definition) is 5. The normalized spacial score (nSPS) is 8.81. The molecule has 0 unspecified atom stereocenters. The Hall–Kier alpha value is -2.79. The zero-order chi connectivity index (χ0) is 15.3. The first-order valence-corrected chi connectivity index (χ1v) is 6.12. The number of para-hydroxylation sites is 1. The summed E-state index contributed by atoms with van der Waals surface area (Å²) in [5.41, 5.74) is 0. The number of phenolic OH excluding ortho intramolecular Hbond substituents is 1. The van der Waals surface area contributed by atoms with E-state index < -0.39 is 0 Å². The van der Waals surface area contributed by atoms with Crippen LogP contribution < -0.4 is 0 Å². The first kappa shape index (κ1) is 16.3. The molecular formula is C16H16O5. The van der Waals surface area contributed by atoms with Gasteiger partial charge in [-0.3, -0.25) is 4.79 Å². The molecule has 0 spiro atoms.